The van der Waals surface area contributed by atoms with Crippen molar-refractivity contribution < 1.29 is 9.59 Å². The second-order valence-electron chi connectivity index (χ2n) is 8.53. The fraction of sp³-hybridized carbons (Fsp3) is 0.625. The maximum atomic E-state index is 12.8. The van der Waals surface area contributed by atoms with E-state index in [0.717, 1.165) is 75.5 Å². The highest BCUT2D eigenvalue weighted by Crippen LogP contribution is 2.21. The topological polar surface area (TPSA) is 77.0 Å². The van der Waals surface area contributed by atoms with Crippen molar-refractivity contribution >= 4 is 41.8 Å². The van der Waals surface area contributed by atoms with Crippen LogP contribution in [0.1, 0.15) is 61.4 Å². The Balaban J connectivity index is 0.00000363. The molecular formula is C24H38IN5O2. The SMILES string of the molecule is CCNC(=NCc1cccc(C(=O)N2CCCCC2)c1)N1CCC(CC(=O)NC)CC1.I. The molecule has 7 nitrogen and oxygen atoms in total. The minimum absolute atomic E-state index is 0. The zero-order chi connectivity index (χ0) is 22.1. The van der Waals surface area contributed by atoms with Gasteiger partial charge >= 0.3 is 0 Å². The van der Waals surface area contributed by atoms with Gasteiger partial charge in [0.1, 0.15) is 0 Å². The average molecular weight is 556 g/mol. The number of guanidine groups is 1. The Bertz CT molecular complexity index is 771. The molecule has 0 aliphatic carbocycles. The first-order valence-corrected chi connectivity index (χ1v) is 11.7. The zero-order valence-electron chi connectivity index (χ0n) is 19.4. The van der Waals surface area contributed by atoms with Gasteiger partial charge in [0.15, 0.2) is 5.96 Å². The molecule has 0 spiro atoms. The molecule has 2 amide bonds. The van der Waals surface area contributed by atoms with Gasteiger partial charge in [0, 0.05) is 51.8 Å². The highest BCUT2D eigenvalue weighted by Gasteiger charge is 2.23. The first-order chi connectivity index (χ1) is 15.1. The first-order valence-electron chi connectivity index (χ1n) is 11.7. The van der Waals surface area contributed by atoms with Crippen LogP contribution in [0.5, 0.6) is 0 Å². The van der Waals surface area contributed by atoms with Gasteiger partial charge in [-0.05, 0) is 62.6 Å². The number of carbonyl (C=O) groups is 2. The van der Waals surface area contributed by atoms with Crippen LogP contribution in [0.4, 0.5) is 0 Å². The van der Waals surface area contributed by atoms with Gasteiger partial charge in [0.05, 0.1) is 6.54 Å². The molecule has 0 saturated carbocycles. The molecular weight excluding hydrogens is 517 g/mol. The minimum atomic E-state index is 0. The van der Waals surface area contributed by atoms with Gasteiger partial charge in [-0.1, -0.05) is 12.1 Å². The lowest BCUT2D eigenvalue weighted by Gasteiger charge is -2.34. The average Bonchev–Trinajstić information content (AvgIpc) is 2.82. The second kappa shape index (κ2) is 13.6. The molecule has 1 aromatic rings. The second-order valence-corrected chi connectivity index (χ2v) is 8.53. The van der Waals surface area contributed by atoms with Gasteiger partial charge in [0.25, 0.3) is 5.91 Å². The molecule has 32 heavy (non-hydrogen) atoms. The first kappa shape index (κ1) is 26.4. The summed E-state index contributed by atoms with van der Waals surface area (Å²) in [5, 5.41) is 6.12. The van der Waals surface area contributed by atoms with E-state index in [1.54, 1.807) is 7.05 Å². The summed E-state index contributed by atoms with van der Waals surface area (Å²) in [6, 6.07) is 7.89. The molecule has 3 rings (SSSR count). The Morgan fingerprint density at radius 1 is 1.06 bits per heavy atom. The van der Waals surface area contributed by atoms with Crippen molar-refractivity contribution in [2.45, 2.75) is 52.0 Å². The molecule has 0 aromatic heterocycles. The molecule has 0 radical (unpaired) electrons. The van der Waals surface area contributed by atoms with Crippen molar-refractivity contribution in [2.24, 2.45) is 10.9 Å². The van der Waals surface area contributed by atoms with E-state index < -0.39 is 0 Å². The predicted octanol–water partition coefficient (Wildman–Crippen LogP) is 3.24. The molecule has 0 unspecified atom stereocenters. The monoisotopic (exact) mass is 555 g/mol. The minimum Gasteiger partial charge on any atom is -0.359 e. The van der Waals surface area contributed by atoms with Crippen molar-refractivity contribution in [2.75, 3.05) is 39.8 Å². The Labute approximate surface area is 209 Å². The lowest BCUT2D eigenvalue weighted by Crippen LogP contribution is -2.46. The number of piperidine rings is 2. The highest BCUT2D eigenvalue weighted by molar-refractivity contribution is 14.0. The van der Waals surface area contributed by atoms with Crippen molar-refractivity contribution in [1.29, 1.82) is 0 Å². The fourth-order valence-electron chi connectivity index (χ4n) is 4.39. The number of hydrogen-bond donors (Lipinski definition) is 2. The fourth-order valence-corrected chi connectivity index (χ4v) is 4.39. The van der Waals surface area contributed by atoms with Gasteiger partial charge in [-0.2, -0.15) is 0 Å². The largest absolute Gasteiger partial charge is 0.359 e. The lowest BCUT2D eigenvalue weighted by molar-refractivity contribution is -0.121. The van der Waals surface area contributed by atoms with Gasteiger partial charge in [-0.3, -0.25) is 9.59 Å². The van der Waals surface area contributed by atoms with Gasteiger partial charge in [-0.15, -0.1) is 24.0 Å². The van der Waals surface area contributed by atoms with Crippen molar-refractivity contribution in [3.63, 3.8) is 0 Å². The van der Waals surface area contributed by atoms with Crippen molar-refractivity contribution in [3.8, 4) is 0 Å². The maximum Gasteiger partial charge on any atom is 0.253 e. The van der Waals surface area contributed by atoms with Gasteiger partial charge in [0.2, 0.25) is 5.91 Å². The Kier molecular flexibility index (Phi) is 11.3. The van der Waals surface area contributed by atoms with Gasteiger partial charge in [-0.25, -0.2) is 4.99 Å². The van der Waals surface area contributed by atoms with Crippen LogP contribution in [-0.2, 0) is 11.3 Å². The van der Waals surface area contributed by atoms with Crippen LogP contribution in [0.3, 0.4) is 0 Å². The number of nitrogens with one attached hydrogen (secondary N) is 2. The Morgan fingerprint density at radius 2 is 1.78 bits per heavy atom. The highest BCUT2D eigenvalue weighted by atomic mass is 127. The van der Waals surface area contributed by atoms with Gasteiger partial charge < -0.3 is 20.4 Å². The van der Waals surface area contributed by atoms with E-state index in [0.29, 0.717) is 18.9 Å². The maximum absolute atomic E-state index is 12.8. The van der Waals surface area contributed by atoms with Crippen LogP contribution in [0, 0.1) is 5.92 Å². The van der Waals surface area contributed by atoms with E-state index in [-0.39, 0.29) is 35.8 Å². The Hall–Kier alpha value is -1.84. The summed E-state index contributed by atoms with van der Waals surface area (Å²) in [5.74, 6) is 1.61. The van der Waals surface area contributed by atoms with Crippen molar-refractivity contribution in [3.05, 3.63) is 35.4 Å². The summed E-state index contributed by atoms with van der Waals surface area (Å²) in [4.78, 5) is 33.6. The molecule has 8 heteroatoms. The summed E-state index contributed by atoms with van der Waals surface area (Å²) in [7, 11) is 1.70. The molecule has 2 heterocycles. The predicted molar refractivity (Wildman–Crippen MR) is 139 cm³/mol. The summed E-state index contributed by atoms with van der Waals surface area (Å²) in [6.45, 7) is 6.96. The molecule has 2 saturated heterocycles. The number of aliphatic imine (C=N–C) groups is 1. The number of likely N-dealkylation sites (tertiary alicyclic amines) is 2. The Morgan fingerprint density at radius 3 is 2.44 bits per heavy atom. The molecule has 2 aliphatic rings. The normalized spacial score (nSPS) is 17.5. The summed E-state index contributed by atoms with van der Waals surface area (Å²) in [6.07, 6.45) is 6.02. The number of carbonyl (C=O) groups excluding carboxylic acids is 2. The van der Waals surface area contributed by atoms with Crippen LogP contribution >= 0.6 is 24.0 Å². The number of benzene rings is 1. The number of halogens is 1. The third-order valence-corrected chi connectivity index (χ3v) is 6.23. The van der Waals surface area contributed by atoms with E-state index in [9.17, 15) is 9.59 Å². The molecule has 0 atom stereocenters. The van der Waals surface area contributed by atoms with E-state index in [1.807, 2.05) is 29.2 Å². The van der Waals surface area contributed by atoms with Crippen LogP contribution < -0.4 is 10.6 Å². The third-order valence-electron chi connectivity index (χ3n) is 6.23. The van der Waals surface area contributed by atoms with E-state index in [1.165, 1.54) is 6.42 Å². The van der Waals surface area contributed by atoms with E-state index in [4.69, 9.17) is 4.99 Å². The summed E-state index contributed by atoms with van der Waals surface area (Å²) >= 11 is 0. The van der Waals surface area contributed by atoms with Crippen LogP contribution in [0.25, 0.3) is 0 Å². The summed E-state index contributed by atoms with van der Waals surface area (Å²) in [5.41, 5.74) is 1.81. The quantitative estimate of drug-likeness (QED) is 0.321. The third kappa shape index (κ3) is 7.64. The lowest BCUT2D eigenvalue weighted by atomic mass is 9.93. The number of amides is 2. The molecule has 1 aromatic carbocycles. The van der Waals surface area contributed by atoms with E-state index in [2.05, 4.69) is 22.5 Å². The number of nitrogens with zero attached hydrogens (tertiary/aromatic N) is 3. The molecule has 178 valence electrons. The molecule has 2 aliphatic heterocycles. The molecule has 0 bridgehead atoms. The van der Waals surface area contributed by atoms with Crippen LogP contribution in [0.2, 0.25) is 0 Å². The molecule has 2 N–H and O–H groups in total. The number of rotatable bonds is 6. The standard InChI is InChI=1S/C24H37N5O2.HI/c1-3-26-24(29-14-10-19(11-15-29)17-22(30)25-2)27-18-20-8-7-9-21(16-20)23(31)28-12-5-4-6-13-28;/h7-9,16,19H,3-6,10-15,17-18H2,1-2H3,(H,25,30)(H,26,27);1H. The summed E-state index contributed by atoms with van der Waals surface area (Å²) < 4.78 is 0. The van der Waals surface area contributed by atoms with Crippen LogP contribution in [-0.4, -0.2) is 67.3 Å². The number of hydrogen-bond acceptors (Lipinski definition) is 3. The smallest absolute Gasteiger partial charge is 0.253 e. The van der Waals surface area contributed by atoms with Crippen molar-refractivity contribution in [1.82, 2.24) is 20.4 Å². The van der Waals surface area contributed by atoms with Crippen LogP contribution in [0.15, 0.2) is 29.3 Å². The zero-order valence-corrected chi connectivity index (χ0v) is 21.8. The van der Waals surface area contributed by atoms with E-state index >= 15 is 0 Å². The molecule has 2 fully saturated rings.